The molecule has 0 aliphatic carbocycles. The van der Waals surface area contributed by atoms with E-state index in [0.29, 0.717) is 17.5 Å². The van der Waals surface area contributed by atoms with Crippen molar-refractivity contribution in [3.05, 3.63) is 48.5 Å². The number of hydrogen-bond donors (Lipinski definition) is 1. The largest absolute Gasteiger partial charge is 0.494 e. The predicted octanol–water partition coefficient (Wildman–Crippen LogP) is 4.49. The lowest BCUT2D eigenvalue weighted by molar-refractivity contribution is -0.118. The molecule has 1 heterocycles. The summed E-state index contributed by atoms with van der Waals surface area (Å²) in [6.07, 6.45) is 2.13. The number of nitrogens with one attached hydrogen (secondary N) is 1. The zero-order valence-corrected chi connectivity index (χ0v) is 14.8. The van der Waals surface area contributed by atoms with Gasteiger partial charge in [0, 0.05) is 0 Å². The summed E-state index contributed by atoms with van der Waals surface area (Å²) in [4.78, 5) is 16.4. The standard InChI is InChI=1S/C19H20N2O3S/c1-2-3-11-23-15-9-10-16-17(12-15)25-19(20-16)21-18(22)13-24-14-7-5-4-6-8-14/h4-10,12H,2-3,11,13H2,1H3,(H,20,21,22). The minimum absolute atomic E-state index is 0.0503. The van der Waals surface area contributed by atoms with Crippen LogP contribution in [-0.4, -0.2) is 24.1 Å². The molecule has 1 amide bonds. The third-order valence-corrected chi connectivity index (χ3v) is 4.42. The number of amides is 1. The van der Waals surface area contributed by atoms with Crippen molar-refractivity contribution in [2.75, 3.05) is 18.5 Å². The fourth-order valence-corrected chi connectivity index (χ4v) is 3.11. The summed E-state index contributed by atoms with van der Waals surface area (Å²) in [5.41, 5.74) is 0.840. The quantitative estimate of drug-likeness (QED) is 0.604. The second kappa shape index (κ2) is 8.48. The highest BCUT2D eigenvalue weighted by molar-refractivity contribution is 7.22. The molecule has 0 saturated heterocycles. The highest BCUT2D eigenvalue weighted by Gasteiger charge is 2.09. The van der Waals surface area contributed by atoms with E-state index in [1.165, 1.54) is 11.3 Å². The van der Waals surface area contributed by atoms with Crippen molar-refractivity contribution in [1.29, 1.82) is 0 Å². The topological polar surface area (TPSA) is 60.5 Å². The van der Waals surface area contributed by atoms with Crippen LogP contribution in [0.1, 0.15) is 19.8 Å². The predicted molar refractivity (Wildman–Crippen MR) is 101 cm³/mol. The van der Waals surface area contributed by atoms with Crippen molar-refractivity contribution in [2.24, 2.45) is 0 Å². The Kier molecular flexibility index (Phi) is 5.85. The van der Waals surface area contributed by atoms with Crippen molar-refractivity contribution in [3.8, 4) is 11.5 Å². The van der Waals surface area contributed by atoms with Crippen molar-refractivity contribution in [1.82, 2.24) is 4.98 Å². The molecule has 5 nitrogen and oxygen atoms in total. The van der Waals surface area contributed by atoms with E-state index in [4.69, 9.17) is 9.47 Å². The molecule has 0 saturated carbocycles. The van der Waals surface area contributed by atoms with Gasteiger partial charge in [-0.15, -0.1) is 0 Å². The minimum Gasteiger partial charge on any atom is -0.494 e. The number of carbonyl (C=O) groups excluding carboxylic acids is 1. The summed E-state index contributed by atoms with van der Waals surface area (Å²) in [6, 6.07) is 15.0. The van der Waals surface area contributed by atoms with Gasteiger partial charge in [-0.25, -0.2) is 4.98 Å². The van der Waals surface area contributed by atoms with Crippen LogP contribution in [0, 0.1) is 0 Å². The van der Waals surface area contributed by atoms with Crippen molar-refractivity contribution in [2.45, 2.75) is 19.8 Å². The van der Waals surface area contributed by atoms with Gasteiger partial charge in [-0.1, -0.05) is 42.9 Å². The van der Waals surface area contributed by atoms with Crippen LogP contribution in [0.25, 0.3) is 10.2 Å². The van der Waals surface area contributed by atoms with E-state index in [1.54, 1.807) is 0 Å². The first-order valence-electron chi connectivity index (χ1n) is 8.25. The number of rotatable bonds is 8. The van der Waals surface area contributed by atoms with E-state index >= 15 is 0 Å². The van der Waals surface area contributed by atoms with Crippen LogP contribution in [0.5, 0.6) is 11.5 Å². The fraction of sp³-hybridized carbons (Fsp3) is 0.263. The Labute approximate surface area is 150 Å². The molecule has 0 unspecified atom stereocenters. The molecule has 2 aromatic carbocycles. The van der Waals surface area contributed by atoms with Gasteiger partial charge in [0.05, 0.1) is 16.8 Å². The summed E-state index contributed by atoms with van der Waals surface area (Å²) >= 11 is 1.42. The Morgan fingerprint density at radius 2 is 1.96 bits per heavy atom. The molecule has 25 heavy (non-hydrogen) atoms. The number of anilines is 1. The zero-order valence-electron chi connectivity index (χ0n) is 14.0. The average Bonchev–Trinajstić information content (AvgIpc) is 3.02. The van der Waals surface area contributed by atoms with Gasteiger partial charge in [0.15, 0.2) is 11.7 Å². The first-order chi connectivity index (χ1) is 12.2. The molecule has 0 bridgehead atoms. The Morgan fingerprint density at radius 3 is 2.76 bits per heavy atom. The van der Waals surface area contributed by atoms with Crippen LogP contribution in [0.15, 0.2) is 48.5 Å². The summed E-state index contributed by atoms with van der Waals surface area (Å²) in [5.74, 6) is 1.26. The molecule has 130 valence electrons. The van der Waals surface area contributed by atoms with Gasteiger partial charge in [-0.3, -0.25) is 10.1 Å². The van der Waals surface area contributed by atoms with Gasteiger partial charge in [0.25, 0.3) is 5.91 Å². The fourth-order valence-electron chi connectivity index (χ4n) is 2.20. The van der Waals surface area contributed by atoms with Crippen LogP contribution in [-0.2, 0) is 4.79 Å². The van der Waals surface area contributed by atoms with Gasteiger partial charge in [0.1, 0.15) is 11.5 Å². The molecule has 0 aliphatic heterocycles. The number of para-hydroxylation sites is 1. The third-order valence-electron chi connectivity index (χ3n) is 3.49. The summed E-state index contributed by atoms with van der Waals surface area (Å²) in [6.45, 7) is 2.79. The molecular weight excluding hydrogens is 336 g/mol. The number of aromatic nitrogens is 1. The molecule has 1 N–H and O–H groups in total. The molecule has 0 radical (unpaired) electrons. The lowest BCUT2D eigenvalue weighted by Crippen LogP contribution is -2.19. The normalized spacial score (nSPS) is 10.6. The first-order valence-corrected chi connectivity index (χ1v) is 9.07. The summed E-state index contributed by atoms with van der Waals surface area (Å²) in [7, 11) is 0. The molecule has 3 rings (SSSR count). The van der Waals surface area contributed by atoms with Crippen molar-refractivity contribution < 1.29 is 14.3 Å². The van der Waals surface area contributed by atoms with E-state index in [-0.39, 0.29) is 12.5 Å². The zero-order chi connectivity index (χ0) is 17.5. The van der Waals surface area contributed by atoms with Crippen molar-refractivity contribution in [3.63, 3.8) is 0 Å². The summed E-state index contributed by atoms with van der Waals surface area (Å²) in [5, 5.41) is 3.33. The van der Waals surface area contributed by atoms with Crippen LogP contribution >= 0.6 is 11.3 Å². The first kappa shape index (κ1) is 17.2. The monoisotopic (exact) mass is 356 g/mol. The molecular formula is C19H20N2O3S. The number of unbranched alkanes of at least 4 members (excludes halogenated alkanes) is 1. The lowest BCUT2D eigenvalue weighted by Gasteiger charge is -2.04. The maximum absolute atomic E-state index is 12.0. The number of benzene rings is 2. The Bertz CT molecular complexity index is 833. The second-order valence-electron chi connectivity index (χ2n) is 5.50. The Morgan fingerprint density at radius 1 is 1.12 bits per heavy atom. The van der Waals surface area contributed by atoms with Gasteiger partial charge < -0.3 is 9.47 Å². The lowest BCUT2D eigenvalue weighted by atomic mass is 10.3. The number of ether oxygens (including phenoxy) is 2. The number of nitrogens with zero attached hydrogens (tertiary/aromatic N) is 1. The number of fused-ring (bicyclic) bond motifs is 1. The average molecular weight is 356 g/mol. The summed E-state index contributed by atoms with van der Waals surface area (Å²) < 4.78 is 12.1. The molecule has 6 heteroatoms. The van der Waals surface area contributed by atoms with E-state index in [1.807, 2.05) is 48.5 Å². The van der Waals surface area contributed by atoms with Crippen molar-refractivity contribution >= 4 is 32.6 Å². The number of hydrogen-bond acceptors (Lipinski definition) is 5. The molecule has 0 fully saturated rings. The Balaban J connectivity index is 1.58. The highest BCUT2D eigenvalue weighted by Crippen LogP contribution is 2.29. The maximum Gasteiger partial charge on any atom is 0.264 e. The third kappa shape index (κ3) is 4.93. The van der Waals surface area contributed by atoms with E-state index < -0.39 is 0 Å². The van der Waals surface area contributed by atoms with Gasteiger partial charge in [0.2, 0.25) is 0 Å². The van der Waals surface area contributed by atoms with E-state index in [0.717, 1.165) is 28.8 Å². The van der Waals surface area contributed by atoms with Gasteiger partial charge in [-0.2, -0.15) is 0 Å². The SMILES string of the molecule is CCCCOc1ccc2nc(NC(=O)COc3ccccc3)sc2c1. The molecule has 3 aromatic rings. The molecule has 1 aromatic heterocycles. The molecule has 0 atom stereocenters. The maximum atomic E-state index is 12.0. The Hall–Kier alpha value is -2.60. The molecule has 0 spiro atoms. The van der Waals surface area contributed by atoms with Gasteiger partial charge in [-0.05, 0) is 36.8 Å². The number of thiazole rings is 1. The minimum atomic E-state index is -0.234. The second-order valence-corrected chi connectivity index (χ2v) is 6.53. The highest BCUT2D eigenvalue weighted by atomic mass is 32.1. The van der Waals surface area contributed by atoms with E-state index in [2.05, 4.69) is 17.2 Å². The van der Waals surface area contributed by atoms with Crippen LogP contribution in [0.3, 0.4) is 0 Å². The van der Waals surface area contributed by atoms with Crippen LogP contribution in [0.2, 0.25) is 0 Å². The smallest absolute Gasteiger partial charge is 0.264 e. The van der Waals surface area contributed by atoms with Crippen LogP contribution in [0.4, 0.5) is 5.13 Å². The van der Waals surface area contributed by atoms with Crippen LogP contribution < -0.4 is 14.8 Å². The van der Waals surface area contributed by atoms with E-state index in [9.17, 15) is 4.79 Å². The number of carbonyl (C=O) groups is 1. The molecule has 0 aliphatic rings. The van der Waals surface area contributed by atoms with Gasteiger partial charge >= 0.3 is 0 Å².